The van der Waals surface area contributed by atoms with Gasteiger partial charge in [0.15, 0.2) is 0 Å². The van der Waals surface area contributed by atoms with Crippen LogP contribution in [0.3, 0.4) is 0 Å². The van der Waals surface area contributed by atoms with Gasteiger partial charge in [-0.1, -0.05) is 56.8 Å². The third kappa shape index (κ3) is 6.09. The summed E-state index contributed by atoms with van der Waals surface area (Å²) in [4.78, 5) is 0. The van der Waals surface area contributed by atoms with Gasteiger partial charge in [0.05, 0.1) is 0 Å². The topological polar surface area (TPSA) is 12.0 Å². The summed E-state index contributed by atoms with van der Waals surface area (Å²) in [6.07, 6.45) is 6.48. The molecule has 0 radical (unpaired) electrons. The van der Waals surface area contributed by atoms with E-state index in [1.54, 1.807) is 0 Å². The molecule has 0 aliphatic rings. The molecule has 1 unspecified atom stereocenters. The highest BCUT2D eigenvalue weighted by Crippen LogP contribution is 2.11. The van der Waals surface area contributed by atoms with Crippen molar-refractivity contribution in [2.45, 2.75) is 58.5 Å². The van der Waals surface area contributed by atoms with Crippen LogP contribution in [0.5, 0.6) is 0 Å². The van der Waals surface area contributed by atoms with Crippen molar-refractivity contribution in [2.24, 2.45) is 0 Å². The molecule has 0 heterocycles. The SMILES string of the molecule is CCCCCC(CC)NCc1ccc(Cl)cc1. The second-order valence-electron chi connectivity index (χ2n) is 4.61. The number of nitrogens with one attached hydrogen (secondary N) is 1. The molecule has 0 spiro atoms. The number of rotatable bonds is 8. The summed E-state index contributed by atoms with van der Waals surface area (Å²) in [5.41, 5.74) is 1.31. The van der Waals surface area contributed by atoms with E-state index in [4.69, 9.17) is 11.6 Å². The lowest BCUT2D eigenvalue weighted by atomic mass is 10.1. The highest BCUT2D eigenvalue weighted by atomic mass is 35.5. The molecule has 1 rings (SSSR count). The molecule has 0 amide bonds. The molecule has 0 fully saturated rings. The molecule has 0 aromatic heterocycles. The number of hydrogen-bond donors (Lipinski definition) is 1. The van der Waals surface area contributed by atoms with E-state index in [0.29, 0.717) is 6.04 Å². The van der Waals surface area contributed by atoms with Gasteiger partial charge >= 0.3 is 0 Å². The minimum absolute atomic E-state index is 0.650. The van der Waals surface area contributed by atoms with Crippen molar-refractivity contribution in [3.63, 3.8) is 0 Å². The van der Waals surface area contributed by atoms with E-state index in [1.807, 2.05) is 12.1 Å². The third-order valence-corrected chi connectivity index (χ3v) is 3.41. The molecule has 17 heavy (non-hydrogen) atoms. The number of unbranched alkanes of at least 4 members (excludes halogenated alkanes) is 2. The summed E-state index contributed by atoms with van der Waals surface area (Å²) >= 11 is 5.87. The van der Waals surface area contributed by atoms with Crippen molar-refractivity contribution in [3.05, 3.63) is 34.9 Å². The largest absolute Gasteiger partial charge is 0.310 e. The lowest BCUT2D eigenvalue weighted by Crippen LogP contribution is -2.27. The van der Waals surface area contributed by atoms with Gasteiger partial charge in [0.2, 0.25) is 0 Å². The molecule has 96 valence electrons. The molecule has 0 aliphatic carbocycles. The van der Waals surface area contributed by atoms with Gasteiger partial charge in [-0.3, -0.25) is 0 Å². The third-order valence-electron chi connectivity index (χ3n) is 3.16. The lowest BCUT2D eigenvalue weighted by molar-refractivity contribution is 0.446. The first-order chi connectivity index (χ1) is 8.26. The zero-order chi connectivity index (χ0) is 12.5. The molecular formula is C15H24ClN. The van der Waals surface area contributed by atoms with Gasteiger partial charge in [-0.05, 0) is 30.5 Å². The lowest BCUT2D eigenvalue weighted by Gasteiger charge is -2.16. The van der Waals surface area contributed by atoms with Crippen molar-refractivity contribution in [3.8, 4) is 0 Å². The molecular weight excluding hydrogens is 230 g/mol. The van der Waals surface area contributed by atoms with Crippen LogP contribution in [0, 0.1) is 0 Å². The fraction of sp³-hybridized carbons (Fsp3) is 0.600. The minimum Gasteiger partial charge on any atom is -0.310 e. The van der Waals surface area contributed by atoms with Crippen LogP contribution in [0.15, 0.2) is 24.3 Å². The molecule has 0 aliphatic heterocycles. The minimum atomic E-state index is 0.650. The predicted octanol–water partition coefficient (Wildman–Crippen LogP) is 4.79. The Morgan fingerprint density at radius 3 is 2.41 bits per heavy atom. The van der Waals surface area contributed by atoms with E-state index in [0.717, 1.165) is 11.6 Å². The van der Waals surface area contributed by atoms with Crippen LogP contribution in [0.25, 0.3) is 0 Å². The summed E-state index contributed by atoms with van der Waals surface area (Å²) in [6, 6.07) is 8.74. The van der Waals surface area contributed by atoms with Crippen LogP contribution in [-0.2, 0) is 6.54 Å². The molecule has 1 aromatic rings. The van der Waals surface area contributed by atoms with Crippen molar-refractivity contribution in [1.82, 2.24) is 5.32 Å². The van der Waals surface area contributed by atoms with Crippen LogP contribution in [-0.4, -0.2) is 6.04 Å². The van der Waals surface area contributed by atoms with Crippen molar-refractivity contribution < 1.29 is 0 Å². The Labute approximate surface area is 111 Å². The van der Waals surface area contributed by atoms with Gasteiger partial charge in [-0.2, -0.15) is 0 Å². The molecule has 2 heteroatoms. The standard InChI is InChI=1S/C15H24ClN/c1-3-5-6-7-15(4-2)17-12-13-8-10-14(16)11-9-13/h8-11,15,17H,3-7,12H2,1-2H3. The van der Waals surface area contributed by atoms with Gasteiger partial charge in [-0.15, -0.1) is 0 Å². The van der Waals surface area contributed by atoms with Crippen LogP contribution in [0.4, 0.5) is 0 Å². The molecule has 1 atom stereocenters. The van der Waals surface area contributed by atoms with Gasteiger partial charge < -0.3 is 5.32 Å². The first-order valence-electron chi connectivity index (χ1n) is 6.74. The summed E-state index contributed by atoms with van der Waals surface area (Å²) in [5, 5.41) is 4.43. The fourth-order valence-electron chi connectivity index (χ4n) is 1.96. The van der Waals surface area contributed by atoms with E-state index in [-0.39, 0.29) is 0 Å². The average Bonchev–Trinajstić information content (AvgIpc) is 2.35. The van der Waals surface area contributed by atoms with Crippen LogP contribution < -0.4 is 5.32 Å². The molecule has 0 bridgehead atoms. The van der Waals surface area contributed by atoms with Gasteiger partial charge in [0, 0.05) is 17.6 Å². The van der Waals surface area contributed by atoms with Crippen LogP contribution in [0.2, 0.25) is 5.02 Å². The Bertz CT molecular complexity index is 294. The van der Waals surface area contributed by atoms with Crippen molar-refractivity contribution in [1.29, 1.82) is 0 Å². The fourth-order valence-corrected chi connectivity index (χ4v) is 2.08. The molecule has 1 nitrogen and oxygen atoms in total. The summed E-state index contributed by atoms with van der Waals surface area (Å²) in [6.45, 7) is 5.45. The maximum absolute atomic E-state index is 5.87. The maximum Gasteiger partial charge on any atom is 0.0406 e. The second kappa shape index (κ2) is 8.54. The Balaban J connectivity index is 2.29. The van der Waals surface area contributed by atoms with Crippen molar-refractivity contribution in [2.75, 3.05) is 0 Å². The van der Waals surface area contributed by atoms with E-state index in [2.05, 4.69) is 31.3 Å². The smallest absolute Gasteiger partial charge is 0.0406 e. The summed E-state index contributed by atoms with van der Waals surface area (Å²) in [7, 11) is 0. The zero-order valence-corrected chi connectivity index (χ0v) is 11.8. The first kappa shape index (κ1) is 14.5. The average molecular weight is 254 g/mol. The monoisotopic (exact) mass is 253 g/mol. The van der Waals surface area contributed by atoms with E-state index < -0.39 is 0 Å². The molecule has 1 N–H and O–H groups in total. The summed E-state index contributed by atoms with van der Waals surface area (Å²) < 4.78 is 0. The Kier molecular flexibility index (Phi) is 7.30. The first-order valence-corrected chi connectivity index (χ1v) is 7.11. The van der Waals surface area contributed by atoms with Crippen LogP contribution >= 0.6 is 11.6 Å². The van der Waals surface area contributed by atoms with E-state index in [9.17, 15) is 0 Å². The van der Waals surface area contributed by atoms with Gasteiger partial charge in [-0.25, -0.2) is 0 Å². The number of benzene rings is 1. The summed E-state index contributed by atoms with van der Waals surface area (Å²) in [5.74, 6) is 0. The maximum atomic E-state index is 5.87. The molecule has 0 saturated heterocycles. The quantitative estimate of drug-likeness (QED) is 0.657. The van der Waals surface area contributed by atoms with E-state index >= 15 is 0 Å². The van der Waals surface area contributed by atoms with Crippen LogP contribution in [0.1, 0.15) is 51.5 Å². The number of halogens is 1. The Morgan fingerprint density at radius 2 is 1.82 bits per heavy atom. The van der Waals surface area contributed by atoms with Gasteiger partial charge in [0.1, 0.15) is 0 Å². The second-order valence-corrected chi connectivity index (χ2v) is 5.04. The molecule has 1 aromatic carbocycles. The normalized spacial score (nSPS) is 12.6. The molecule has 0 saturated carbocycles. The zero-order valence-electron chi connectivity index (χ0n) is 11.0. The predicted molar refractivity (Wildman–Crippen MR) is 76.5 cm³/mol. The van der Waals surface area contributed by atoms with Crippen molar-refractivity contribution >= 4 is 11.6 Å². The number of hydrogen-bond acceptors (Lipinski definition) is 1. The Morgan fingerprint density at radius 1 is 1.12 bits per heavy atom. The van der Waals surface area contributed by atoms with Gasteiger partial charge in [0.25, 0.3) is 0 Å². The highest BCUT2D eigenvalue weighted by Gasteiger charge is 2.04. The van der Waals surface area contributed by atoms with E-state index in [1.165, 1.54) is 37.7 Å². The Hall–Kier alpha value is -0.530. The highest BCUT2D eigenvalue weighted by molar-refractivity contribution is 6.30.